The molecule has 1 aliphatic heterocycles. The Morgan fingerprint density at radius 3 is 2.86 bits per heavy atom. The van der Waals surface area contributed by atoms with Gasteiger partial charge in [0.05, 0.1) is 27.8 Å². The summed E-state index contributed by atoms with van der Waals surface area (Å²) in [6.07, 6.45) is 2.91. The van der Waals surface area contributed by atoms with Crippen molar-refractivity contribution >= 4 is 58.4 Å². The standard InChI is InChI=1S/C20H19BrN2O4S2/c1-29(25,26)16-6-2-4-13(10-16)19(24)23(12-15-5-3-9-27-15)20-22-17-8-7-14(21)11-18(17)28-20/h2,4,6-8,10-11,15H,3,5,9,12H2,1H3. The normalized spacial score (nSPS) is 17.0. The quantitative estimate of drug-likeness (QED) is 0.528. The zero-order chi connectivity index (χ0) is 20.6. The number of carbonyl (C=O) groups is 1. The maximum atomic E-state index is 13.4. The van der Waals surface area contributed by atoms with E-state index in [1.54, 1.807) is 17.0 Å². The number of amides is 1. The van der Waals surface area contributed by atoms with Gasteiger partial charge < -0.3 is 4.74 Å². The molecule has 3 aromatic rings. The van der Waals surface area contributed by atoms with Crippen molar-refractivity contribution in [2.24, 2.45) is 0 Å². The topological polar surface area (TPSA) is 76.6 Å². The fraction of sp³-hybridized carbons (Fsp3) is 0.300. The third-order valence-electron chi connectivity index (χ3n) is 4.73. The van der Waals surface area contributed by atoms with Crippen LogP contribution in [0.5, 0.6) is 0 Å². The number of fused-ring (bicyclic) bond motifs is 1. The summed E-state index contributed by atoms with van der Waals surface area (Å²) in [5, 5.41) is 0.573. The molecule has 0 N–H and O–H groups in total. The lowest BCUT2D eigenvalue weighted by Crippen LogP contribution is -2.37. The van der Waals surface area contributed by atoms with Crippen molar-refractivity contribution in [1.82, 2.24) is 4.98 Å². The fourth-order valence-electron chi connectivity index (χ4n) is 3.26. The number of halogens is 1. The number of ether oxygens (including phenoxy) is 1. The van der Waals surface area contributed by atoms with Gasteiger partial charge in [-0.2, -0.15) is 0 Å². The van der Waals surface area contributed by atoms with Crippen molar-refractivity contribution in [3.8, 4) is 0 Å². The molecule has 1 aromatic heterocycles. The number of aromatic nitrogens is 1. The summed E-state index contributed by atoms with van der Waals surface area (Å²) in [6, 6.07) is 11.9. The Morgan fingerprint density at radius 2 is 2.14 bits per heavy atom. The van der Waals surface area contributed by atoms with E-state index >= 15 is 0 Å². The average molecular weight is 495 g/mol. The number of nitrogens with zero attached hydrogens (tertiary/aromatic N) is 2. The van der Waals surface area contributed by atoms with Gasteiger partial charge in [0, 0.05) is 22.9 Å². The van der Waals surface area contributed by atoms with Crippen molar-refractivity contribution in [3.05, 3.63) is 52.5 Å². The Balaban J connectivity index is 1.74. The van der Waals surface area contributed by atoms with Gasteiger partial charge in [0.1, 0.15) is 0 Å². The predicted molar refractivity (Wildman–Crippen MR) is 118 cm³/mol. The number of hydrogen-bond acceptors (Lipinski definition) is 6. The molecule has 4 rings (SSSR count). The van der Waals surface area contributed by atoms with Gasteiger partial charge in [0.25, 0.3) is 5.91 Å². The summed E-state index contributed by atoms with van der Waals surface area (Å²) in [5.74, 6) is -0.288. The van der Waals surface area contributed by atoms with Crippen LogP contribution in [0, 0.1) is 0 Å². The van der Waals surface area contributed by atoms with Gasteiger partial charge in [-0.1, -0.05) is 33.3 Å². The number of anilines is 1. The van der Waals surface area contributed by atoms with Gasteiger partial charge in [-0.05, 0) is 49.2 Å². The summed E-state index contributed by atoms with van der Waals surface area (Å²) in [5.41, 5.74) is 1.12. The van der Waals surface area contributed by atoms with Crippen molar-refractivity contribution in [2.75, 3.05) is 24.3 Å². The van der Waals surface area contributed by atoms with Gasteiger partial charge in [0.2, 0.25) is 0 Å². The maximum Gasteiger partial charge on any atom is 0.260 e. The molecular formula is C20H19BrN2O4S2. The Hall–Kier alpha value is -1.81. The minimum absolute atomic E-state index is 0.0595. The van der Waals surface area contributed by atoms with E-state index in [9.17, 15) is 13.2 Å². The zero-order valence-electron chi connectivity index (χ0n) is 15.7. The molecule has 1 fully saturated rings. The van der Waals surface area contributed by atoms with Crippen LogP contribution >= 0.6 is 27.3 Å². The lowest BCUT2D eigenvalue weighted by molar-refractivity contribution is 0.0917. The first-order valence-electron chi connectivity index (χ1n) is 9.11. The molecule has 0 aliphatic carbocycles. The van der Waals surface area contributed by atoms with E-state index in [0.29, 0.717) is 23.8 Å². The summed E-state index contributed by atoms with van der Waals surface area (Å²) >= 11 is 4.89. The highest BCUT2D eigenvalue weighted by Crippen LogP contribution is 2.32. The van der Waals surface area contributed by atoms with Crippen LogP contribution in [0.1, 0.15) is 23.2 Å². The second-order valence-corrected chi connectivity index (χ2v) is 10.9. The first-order valence-corrected chi connectivity index (χ1v) is 12.6. The van der Waals surface area contributed by atoms with E-state index in [1.165, 1.54) is 23.5 Å². The van der Waals surface area contributed by atoms with Crippen molar-refractivity contribution in [1.29, 1.82) is 0 Å². The molecule has 1 aliphatic rings. The number of benzene rings is 2. The molecular weight excluding hydrogens is 476 g/mol. The Morgan fingerprint density at radius 1 is 1.31 bits per heavy atom. The Bertz CT molecular complexity index is 1170. The van der Waals surface area contributed by atoms with Gasteiger partial charge in [-0.15, -0.1) is 0 Å². The SMILES string of the molecule is CS(=O)(=O)c1cccc(C(=O)N(CC2CCCO2)c2nc3ccc(Br)cc3s2)c1. The van der Waals surface area contributed by atoms with Crippen LogP contribution < -0.4 is 4.90 Å². The minimum Gasteiger partial charge on any atom is -0.376 e. The van der Waals surface area contributed by atoms with Crippen LogP contribution in [0.3, 0.4) is 0 Å². The van der Waals surface area contributed by atoms with Crippen LogP contribution in [-0.4, -0.2) is 44.8 Å². The smallest absolute Gasteiger partial charge is 0.260 e. The summed E-state index contributed by atoms with van der Waals surface area (Å²) in [6.45, 7) is 1.06. The summed E-state index contributed by atoms with van der Waals surface area (Å²) < 4.78 is 31.5. The molecule has 152 valence electrons. The third kappa shape index (κ3) is 4.53. The summed E-state index contributed by atoms with van der Waals surface area (Å²) in [7, 11) is -3.41. The second-order valence-electron chi connectivity index (χ2n) is 6.96. The molecule has 1 unspecified atom stereocenters. The second kappa shape index (κ2) is 8.14. The number of sulfone groups is 1. The molecule has 9 heteroatoms. The number of rotatable bonds is 5. The van der Waals surface area contributed by atoms with Gasteiger partial charge >= 0.3 is 0 Å². The first-order chi connectivity index (χ1) is 13.8. The Kier molecular flexibility index (Phi) is 5.74. The van der Waals surface area contributed by atoms with Crippen molar-refractivity contribution in [2.45, 2.75) is 23.8 Å². The largest absolute Gasteiger partial charge is 0.376 e. The van der Waals surface area contributed by atoms with Gasteiger partial charge in [0.15, 0.2) is 15.0 Å². The van der Waals surface area contributed by atoms with E-state index in [-0.39, 0.29) is 16.9 Å². The molecule has 2 heterocycles. The van der Waals surface area contributed by atoms with Crippen molar-refractivity contribution in [3.63, 3.8) is 0 Å². The van der Waals surface area contributed by atoms with E-state index in [0.717, 1.165) is 33.8 Å². The average Bonchev–Trinajstić information content (AvgIpc) is 3.34. The molecule has 29 heavy (non-hydrogen) atoms. The molecule has 1 amide bonds. The monoisotopic (exact) mass is 494 g/mol. The van der Waals surface area contributed by atoms with E-state index in [1.807, 2.05) is 18.2 Å². The van der Waals surface area contributed by atoms with Gasteiger partial charge in [-0.25, -0.2) is 13.4 Å². The number of carbonyl (C=O) groups excluding carboxylic acids is 1. The molecule has 1 atom stereocenters. The summed E-state index contributed by atoms with van der Waals surface area (Å²) in [4.78, 5) is 19.8. The van der Waals surface area contributed by atoms with Crippen LogP contribution in [0.4, 0.5) is 5.13 Å². The maximum absolute atomic E-state index is 13.4. The van der Waals surface area contributed by atoms with E-state index in [4.69, 9.17) is 4.74 Å². The molecule has 1 saturated heterocycles. The highest BCUT2D eigenvalue weighted by atomic mass is 79.9. The lowest BCUT2D eigenvalue weighted by Gasteiger charge is -2.23. The van der Waals surface area contributed by atoms with Crippen LogP contribution in [0.2, 0.25) is 0 Å². The molecule has 0 spiro atoms. The van der Waals surface area contributed by atoms with Crippen LogP contribution in [0.25, 0.3) is 10.2 Å². The highest BCUT2D eigenvalue weighted by molar-refractivity contribution is 9.10. The lowest BCUT2D eigenvalue weighted by atomic mass is 10.2. The van der Waals surface area contributed by atoms with Crippen LogP contribution in [0.15, 0.2) is 51.8 Å². The molecule has 2 aromatic carbocycles. The number of hydrogen-bond donors (Lipinski definition) is 0. The first kappa shape index (κ1) is 20.5. The fourth-order valence-corrected chi connectivity index (χ4v) is 5.45. The molecule has 0 radical (unpaired) electrons. The minimum atomic E-state index is -3.41. The highest BCUT2D eigenvalue weighted by Gasteiger charge is 2.27. The van der Waals surface area contributed by atoms with E-state index in [2.05, 4.69) is 20.9 Å². The predicted octanol–water partition coefficient (Wildman–Crippen LogP) is 4.29. The zero-order valence-corrected chi connectivity index (χ0v) is 18.9. The molecule has 6 nitrogen and oxygen atoms in total. The molecule has 0 saturated carbocycles. The molecule has 0 bridgehead atoms. The Labute approximate surface area is 181 Å². The van der Waals surface area contributed by atoms with Crippen molar-refractivity contribution < 1.29 is 17.9 Å². The number of thiazole rings is 1. The van der Waals surface area contributed by atoms with Crippen LogP contribution in [-0.2, 0) is 14.6 Å². The van der Waals surface area contributed by atoms with E-state index < -0.39 is 9.84 Å². The van der Waals surface area contributed by atoms with Gasteiger partial charge in [-0.3, -0.25) is 9.69 Å². The third-order valence-corrected chi connectivity index (χ3v) is 7.38.